The van der Waals surface area contributed by atoms with Crippen molar-refractivity contribution < 1.29 is 23.8 Å². The fourth-order valence-corrected chi connectivity index (χ4v) is 1.65. The summed E-state index contributed by atoms with van der Waals surface area (Å²) in [5.41, 5.74) is 0. The van der Waals surface area contributed by atoms with E-state index in [1.165, 1.54) is 0 Å². The Labute approximate surface area is 138 Å². The lowest BCUT2D eigenvalue weighted by Gasteiger charge is -2.21. The summed E-state index contributed by atoms with van der Waals surface area (Å²) < 4.78 is 15.0. The molecule has 0 spiro atoms. The minimum Gasteiger partial charge on any atom is -0.465 e. The van der Waals surface area contributed by atoms with Crippen LogP contribution in [0.1, 0.15) is 25.7 Å². The Morgan fingerprint density at radius 2 is 1.35 bits per heavy atom. The second-order valence-corrected chi connectivity index (χ2v) is 4.68. The van der Waals surface area contributed by atoms with Gasteiger partial charge in [-0.05, 0) is 0 Å². The molecule has 6 heteroatoms. The van der Waals surface area contributed by atoms with Gasteiger partial charge in [0.15, 0.2) is 0 Å². The molecular weight excluding hydrogens is 298 g/mol. The zero-order valence-corrected chi connectivity index (χ0v) is 13.7. The maximum Gasteiger partial charge on any atom is 0.307 e. The molecule has 0 N–H and O–H groups in total. The van der Waals surface area contributed by atoms with Gasteiger partial charge in [-0.3, -0.25) is 14.5 Å². The van der Waals surface area contributed by atoms with Crippen molar-refractivity contribution in [2.24, 2.45) is 0 Å². The summed E-state index contributed by atoms with van der Waals surface area (Å²) in [6.45, 7) is 2.56. The highest BCUT2D eigenvalue weighted by molar-refractivity contribution is 5.70. The lowest BCUT2D eigenvalue weighted by atomic mass is 10.3. The predicted octanol–water partition coefficient (Wildman–Crippen LogP) is 0.848. The molecule has 0 aliphatic heterocycles. The number of ether oxygens (including phenoxy) is 3. The monoisotopic (exact) mass is 323 g/mol. The Morgan fingerprint density at radius 1 is 0.870 bits per heavy atom. The van der Waals surface area contributed by atoms with E-state index in [2.05, 4.69) is 11.8 Å². The molecule has 0 atom stereocenters. The number of carbonyl (C=O) groups is 2. The van der Waals surface area contributed by atoms with E-state index in [9.17, 15) is 9.59 Å². The van der Waals surface area contributed by atoms with Gasteiger partial charge in [0.2, 0.25) is 0 Å². The molecule has 0 aromatic rings. The number of terminal acetylenes is 2. The molecule has 0 saturated heterocycles. The summed E-state index contributed by atoms with van der Waals surface area (Å²) in [5, 5.41) is 0. The normalized spacial score (nSPS) is 9.91. The zero-order chi connectivity index (χ0) is 17.3. The highest BCUT2D eigenvalue weighted by atomic mass is 16.5. The first-order valence-electron chi connectivity index (χ1n) is 7.53. The Bertz CT molecular complexity index is 386. The van der Waals surface area contributed by atoms with Crippen molar-refractivity contribution in [3.8, 4) is 24.7 Å². The molecule has 0 aliphatic carbocycles. The van der Waals surface area contributed by atoms with Gasteiger partial charge in [-0.15, -0.1) is 24.7 Å². The molecule has 0 heterocycles. The van der Waals surface area contributed by atoms with E-state index in [4.69, 9.17) is 27.1 Å². The van der Waals surface area contributed by atoms with E-state index in [1.54, 1.807) is 7.11 Å². The van der Waals surface area contributed by atoms with E-state index in [1.807, 2.05) is 4.90 Å². The van der Waals surface area contributed by atoms with Gasteiger partial charge >= 0.3 is 11.9 Å². The molecule has 0 bridgehead atoms. The predicted molar refractivity (Wildman–Crippen MR) is 86.4 cm³/mol. The molecule has 0 rings (SSSR count). The van der Waals surface area contributed by atoms with Crippen molar-refractivity contribution in [3.63, 3.8) is 0 Å². The van der Waals surface area contributed by atoms with E-state index in [0.717, 1.165) is 0 Å². The van der Waals surface area contributed by atoms with Crippen molar-refractivity contribution >= 4 is 11.9 Å². The second kappa shape index (κ2) is 14.9. The number of esters is 2. The minimum absolute atomic E-state index is 0.231. The first-order chi connectivity index (χ1) is 11.1. The highest BCUT2D eigenvalue weighted by Crippen LogP contribution is 1.99. The van der Waals surface area contributed by atoms with Crippen molar-refractivity contribution in [3.05, 3.63) is 0 Å². The van der Waals surface area contributed by atoms with Gasteiger partial charge in [-0.2, -0.15) is 0 Å². The van der Waals surface area contributed by atoms with Crippen LogP contribution in [0.15, 0.2) is 0 Å². The fourth-order valence-electron chi connectivity index (χ4n) is 1.65. The zero-order valence-electron chi connectivity index (χ0n) is 13.7. The van der Waals surface area contributed by atoms with Crippen molar-refractivity contribution in [1.82, 2.24) is 4.90 Å². The fraction of sp³-hybridized carbons (Fsp3) is 0.647. The van der Waals surface area contributed by atoms with Gasteiger partial charge in [-0.25, -0.2) is 0 Å². The number of hydrogen-bond donors (Lipinski definition) is 0. The van der Waals surface area contributed by atoms with E-state index in [-0.39, 0.29) is 38.0 Å². The summed E-state index contributed by atoms with van der Waals surface area (Å²) in [6, 6.07) is 0. The number of nitrogens with zero attached hydrogens (tertiary/aromatic N) is 1. The van der Waals surface area contributed by atoms with Gasteiger partial charge in [0.25, 0.3) is 0 Å². The topological polar surface area (TPSA) is 65.1 Å². The summed E-state index contributed by atoms with van der Waals surface area (Å²) in [5.74, 6) is 4.19. The smallest absolute Gasteiger partial charge is 0.307 e. The average Bonchev–Trinajstić information content (AvgIpc) is 2.54. The third kappa shape index (κ3) is 13.4. The third-order valence-electron chi connectivity index (χ3n) is 2.89. The van der Waals surface area contributed by atoms with E-state index >= 15 is 0 Å². The van der Waals surface area contributed by atoms with Crippen LogP contribution in [0.4, 0.5) is 0 Å². The molecule has 0 amide bonds. The standard InChI is InChI=1S/C17H25NO5/c1-4-6-13-22-16(19)8-10-18(12-15-21-3)11-9-17(20)23-14-7-5-2/h1-2H,6-15H2,3H3. The molecule has 0 radical (unpaired) electrons. The Morgan fingerprint density at radius 3 is 1.74 bits per heavy atom. The summed E-state index contributed by atoms with van der Waals surface area (Å²) in [4.78, 5) is 25.1. The largest absolute Gasteiger partial charge is 0.465 e. The Balaban J connectivity index is 4.05. The molecule has 6 nitrogen and oxygen atoms in total. The van der Waals surface area contributed by atoms with Crippen LogP contribution in [-0.2, 0) is 23.8 Å². The minimum atomic E-state index is -0.306. The summed E-state index contributed by atoms with van der Waals surface area (Å²) >= 11 is 0. The number of methoxy groups -OCH3 is 1. The Kier molecular flexibility index (Phi) is 13.6. The molecule has 0 saturated carbocycles. The lowest BCUT2D eigenvalue weighted by Crippen LogP contribution is -2.32. The van der Waals surface area contributed by atoms with Crippen molar-refractivity contribution in [2.45, 2.75) is 25.7 Å². The number of rotatable bonds is 13. The number of hydrogen-bond acceptors (Lipinski definition) is 6. The van der Waals surface area contributed by atoms with Crippen LogP contribution in [0.3, 0.4) is 0 Å². The maximum atomic E-state index is 11.5. The lowest BCUT2D eigenvalue weighted by molar-refractivity contribution is -0.143. The second-order valence-electron chi connectivity index (χ2n) is 4.68. The van der Waals surface area contributed by atoms with Crippen LogP contribution < -0.4 is 0 Å². The van der Waals surface area contributed by atoms with Crippen LogP contribution in [0.2, 0.25) is 0 Å². The quantitative estimate of drug-likeness (QED) is 0.284. The molecule has 0 fully saturated rings. The van der Waals surface area contributed by atoms with Crippen LogP contribution >= 0.6 is 0 Å². The molecular formula is C17H25NO5. The third-order valence-corrected chi connectivity index (χ3v) is 2.89. The molecule has 128 valence electrons. The Hall–Kier alpha value is -2.02. The van der Waals surface area contributed by atoms with Crippen LogP contribution in [0.25, 0.3) is 0 Å². The number of carbonyl (C=O) groups excluding carboxylic acids is 2. The van der Waals surface area contributed by atoms with Crippen LogP contribution in [0, 0.1) is 24.7 Å². The maximum absolute atomic E-state index is 11.5. The molecule has 0 aliphatic rings. The van der Waals surface area contributed by atoms with Gasteiger partial charge < -0.3 is 14.2 Å². The highest BCUT2D eigenvalue weighted by Gasteiger charge is 2.12. The SMILES string of the molecule is C#CCCOC(=O)CCN(CCOC)CCC(=O)OCCC#C. The van der Waals surface area contributed by atoms with Gasteiger partial charge in [0.1, 0.15) is 13.2 Å². The molecule has 0 aromatic carbocycles. The van der Waals surface area contributed by atoms with E-state index < -0.39 is 0 Å². The van der Waals surface area contributed by atoms with E-state index in [0.29, 0.717) is 39.1 Å². The van der Waals surface area contributed by atoms with Gasteiger partial charge in [0, 0.05) is 39.6 Å². The van der Waals surface area contributed by atoms with Crippen LogP contribution in [-0.4, -0.2) is 63.4 Å². The molecule has 0 unspecified atom stereocenters. The van der Waals surface area contributed by atoms with Crippen molar-refractivity contribution in [2.75, 3.05) is 46.6 Å². The first kappa shape index (κ1) is 21.0. The first-order valence-corrected chi connectivity index (χ1v) is 7.53. The molecule has 0 aromatic heterocycles. The van der Waals surface area contributed by atoms with Gasteiger partial charge in [-0.1, -0.05) is 0 Å². The molecule has 23 heavy (non-hydrogen) atoms. The van der Waals surface area contributed by atoms with Crippen molar-refractivity contribution in [1.29, 1.82) is 0 Å². The van der Waals surface area contributed by atoms with Crippen LogP contribution in [0.5, 0.6) is 0 Å². The average molecular weight is 323 g/mol. The van der Waals surface area contributed by atoms with Gasteiger partial charge in [0.05, 0.1) is 19.4 Å². The summed E-state index contributed by atoms with van der Waals surface area (Å²) in [7, 11) is 1.60. The summed E-state index contributed by atoms with van der Waals surface area (Å²) in [6.07, 6.45) is 11.5.